The molecule has 2 aromatic carbocycles. The zero-order valence-corrected chi connectivity index (χ0v) is 15.0. The molecule has 0 radical (unpaired) electrons. The van der Waals surface area contributed by atoms with Crippen LogP contribution < -0.4 is 5.32 Å². The van der Waals surface area contributed by atoms with Gasteiger partial charge in [-0.2, -0.15) is 0 Å². The van der Waals surface area contributed by atoms with Crippen molar-refractivity contribution in [1.29, 1.82) is 0 Å². The lowest BCUT2D eigenvalue weighted by Gasteiger charge is -2.33. The highest BCUT2D eigenvalue weighted by Crippen LogP contribution is 2.12. The van der Waals surface area contributed by atoms with Gasteiger partial charge in [0.05, 0.1) is 12.7 Å². The number of morpholine rings is 1. The second-order valence-corrected chi connectivity index (χ2v) is 6.85. The minimum absolute atomic E-state index is 0.0295. The Morgan fingerprint density at radius 2 is 1.92 bits per heavy atom. The molecule has 24 heavy (non-hydrogen) atoms. The second kappa shape index (κ2) is 8.42. The van der Waals surface area contributed by atoms with E-state index in [1.165, 1.54) is 5.56 Å². The van der Waals surface area contributed by atoms with Gasteiger partial charge in [-0.1, -0.05) is 46.3 Å². The van der Waals surface area contributed by atoms with Crippen molar-refractivity contribution in [2.75, 3.05) is 26.2 Å². The van der Waals surface area contributed by atoms with Gasteiger partial charge >= 0.3 is 0 Å². The first-order valence-electron chi connectivity index (χ1n) is 8.12. The first kappa shape index (κ1) is 17.1. The number of hydrogen-bond acceptors (Lipinski definition) is 3. The van der Waals surface area contributed by atoms with Crippen LogP contribution in [0.15, 0.2) is 59.1 Å². The van der Waals surface area contributed by atoms with Crippen molar-refractivity contribution in [3.05, 3.63) is 70.2 Å². The molecule has 1 N–H and O–H groups in total. The normalized spacial score (nSPS) is 18.3. The third-order valence-electron chi connectivity index (χ3n) is 4.07. The predicted octanol–water partition coefficient (Wildman–Crippen LogP) is 3.08. The van der Waals surface area contributed by atoms with Gasteiger partial charge in [-0.15, -0.1) is 0 Å². The van der Waals surface area contributed by atoms with Gasteiger partial charge in [0.25, 0.3) is 5.91 Å². The number of hydrogen-bond donors (Lipinski definition) is 1. The molecule has 0 bridgehead atoms. The van der Waals surface area contributed by atoms with Crippen LogP contribution >= 0.6 is 15.9 Å². The maximum Gasteiger partial charge on any atom is 0.251 e. The fourth-order valence-electron chi connectivity index (χ4n) is 2.80. The largest absolute Gasteiger partial charge is 0.374 e. The molecule has 4 nitrogen and oxygen atoms in total. The number of ether oxygens (including phenoxy) is 1. The van der Waals surface area contributed by atoms with Gasteiger partial charge in [0.1, 0.15) is 0 Å². The summed E-state index contributed by atoms with van der Waals surface area (Å²) in [4.78, 5) is 14.5. The topological polar surface area (TPSA) is 41.6 Å². The smallest absolute Gasteiger partial charge is 0.251 e. The van der Waals surface area contributed by atoms with Gasteiger partial charge in [-0.25, -0.2) is 0 Å². The lowest BCUT2D eigenvalue weighted by atomic mass is 10.2. The van der Waals surface area contributed by atoms with Crippen LogP contribution in [0.25, 0.3) is 0 Å². The SMILES string of the molecule is O=C(NCC1CN(Cc2ccccc2)CCO1)c1ccc(Br)cc1. The van der Waals surface area contributed by atoms with Crippen molar-refractivity contribution >= 4 is 21.8 Å². The minimum Gasteiger partial charge on any atom is -0.374 e. The molecule has 2 aromatic rings. The molecule has 0 saturated carbocycles. The Bertz CT molecular complexity index is 661. The summed E-state index contributed by atoms with van der Waals surface area (Å²) in [5, 5.41) is 2.97. The molecule has 1 aliphatic heterocycles. The number of rotatable bonds is 5. The van der Waals surface area contributed by atoms with Crippen LogP contribution in [-0.4, -0.2) is 43.2 Å². The van der Waals surface area contributed by atoms with E-state index in [-0.39, 0.29) is 12.0 Å². The van der Waals surface area contributed by atoms with Crippen molar-refractivity contribution < 1.29 is 9.53 Å². The summed E-state index contributed by atoms with van der Waals surface area (Å²) in [6, 6.07) is 17.8. The Morgan fingerprint density at radius 1 is 1.17 bits per heavy atom. The summed E-state index contributed by atoms with van der Waals surface area (Å²) in [6.45, 7) is 3.90. The Morgan fingerprint density at radius 3 is 2.67 bits per heavy atom. The van der Waals surface area contributed by atoms with E-state index in [2.05, 4.69) is 50.4 Å². The Kier molecular flexibility index (Phi) is 6.01. The predicted molar refractivity (Wildman–Crippen MR) is 97.9 cm³/mol. The van der Waals surface area contributed by atoms with Gasteiger partial charge in [-0.3, -0.25) is 9.69 Å². The number of nitrogens with zero attached hydrogens (tertiary/aromatic N) is 1. The summed E-state index contributed by atoms with van der Waals surface area (Å²) in [7, 11) is 0. The summed E-state index contributed by atoms with van der Waals surface area (Å²) >= 11 is 3.37. The molecule has 3 rings (SSSR count). The van der Waals surface area contributed by atoms with E-state index in [1.54, 1.807) is 0 Å². The van der Waals surface area contributed by atoms with Crippen LogP contribution in [0, 0.1) is 0 Å². The first-order chi connectivity index (χ1) is 11.7. The maximum atomic E-state index is 12.2. The third kappa shape index (κ3) is 4.90. The Labute approximate surface area is 150 Å². The molecule has 1 aliphatic rings. The van der Waals surface area contributed by atoms with Crippen LogP contribution in [0.2, 0.25) is 0 Å². The van der Waals surface area contributed by atoms with Crippen molar-refractivity contribution in [2.24, 2.45) is 0 Å². The van der Waals surface area contributed by atoms with Gasteiger partial charge in [0.15, 0.2) is 0 Å². The van der Waals surface area contributed by atoms with Crippen molar-refractivity contribution in [3.8, 4) is 0 Å². The molecule has 0 aromatic heterocycles. The van der Waals surface area contributed by atoms with Crippen molar-refractivity contribution in [2.45, 2.75) is 12.6 Å². The van der Waals surface area contributed by atoms with Crippen molar-refractivity contribution in [3.63, 3.8) is 0 Å². The van der Waals surface area contributed by atoms with Gasteiger partial charge < -0.3 is 10.1 Å². The average Bonchev–Trinajstić information content (AvgIpc) is 2.61. The van der Waals surface area contributed by atoms with Crippen LogP contribution in [0.1, 0.15) is 15.9 Å². The summed E-state index contributed by atoms with van der Waals surface area (Å²) < 4.78 is 6.75. The first-order valence-corrected chi connectivity index (χ1v) is 8.91. The summed E-state index contributed by atoms with van der Waals surface area (Å²) in [5.41, 5.74) is 1.96. The highest BCUT2D eigenvalue weighted by Gasteiger charge is 2.21. The number of amides is 1. The van der Waals surface area contributed by atoms with Crippen LogP contribution in [0.5, 0.6) is 0 Å². The molecular weight excluding hydrogens is 368 g/mol. The number of benzene rings is 2. The summed E-state index contributed by atoms with van der Waals surface area (Å²) in [6.07, 6.45) is 0.0295. The fraction of sp³-hybridized carbons (Fsp3) is 0.316. The second-order valence-electron chi connectivity index (χ2n) is 5.93. The molecule has 126 valence electrons. The quantitative estimate of drug-likeness (QED) is 0.855. The monoisotopic (exact) mass is 388 g/mol. The highest BCUT2D eigenvalue weighted by molar-refractivity contribution is 9.10. The maximum absolute atomic E-state index is 12.2. The number of halogens is 1. The Hall–Kier alpha value is -1.69. The zero-order valence-electron chi connectivity index (χ0n) is 13.5. The van der Waals surface area contributed by atoms with E-state index in [9.17, 15) is 4.79 Å². The lowest BCUT2D eigenvalue weighted by Crippen LogP contribution is -2.47. The number of carbonyl (C=O) groups is 1. The van der Waals surface area contributed by atoms with E-state index >= 15 is 0 Å². The average molecular weight is 389 g/mol. The molecule has 5 heteroatoms. The summed E-state index contributed by atoms with van der Waals surface area (Å²) in [5.74, 6) is -0.0636. The van der Waals surface area contributed by atoms with E-state index in [0.29, 0.717) is 18.7 Å². The van der Waals surface area contributed by atoms with E-state index < -0.39 is 0 Å². The number of nitrogens with one attached hydrogen (secondary N) is 1. The molecule has 0 aliphatic carbocycles. The van der Waals surface area contributed by atoms with Gasteiger partial charge in [-0.05, 0) is 29.8 Å². The molecule has 1 amide bonds. The minimum atomic E-state index is -0.0636. The molecule has 1 saturated heterocycles. The molecule has 1 heterocycles. The van der Waals surface area contributed by atoms with Gasteiger partial charge in [0.2, 0.25) is 0 Å². The van der Waals surface area contributed by atoms with E-state index in [0.717, 1.165) is 24.1 Å². The van der Waals surface area contributed by atoms with Gasteiger partial charge in [0, 0.05) is 36.2 Å². The van der Waals surface area contributed by atoms with Crippen LogP contribution in [0.4, 0.5) is 0 Å². The standard InChI is InChI=1S/C19H21BrN2O2/c20-17-8-6-16(7-9-17)19(23)21-12-18-14-22(10-11-24-18)13-15-4-2-1-3-5-15/h1-9,18H,10-14H2,(H,21,23). The van der Waals surface area contributed by atoms with Crippen molar-refractivity contribution in [1.82, 2.24) is 10.2 Å². The van der Waals surface area contributed by atoms with E-state index in [1.807, 2.05) is 30.3 Å². The molecule has 1 atom stereocenters. The van der Waals surface area contributed by atoms with E-state index in [4.69, 9.17) is 4.74 Å². The number of carbonyl (C=O) groups excluding carboxylic acids is 1. The molecule has 1 unspecified atom stereocenters. The van der Waals surface area contributed by atoms with Crippen LogP contribution in [-0.2, 0) is 11.3 Å². The fourth-order valence-corrected chi connectivity index (χ4v) is 3.06. The Balaban J connectivity index is 1.48. The van der Waals surface area contributed by atoms with Crippen LogP contribution in [0.3, 0.4) is 0 Å². The molecule has 0 spiro atoms. The third-order valence-corrected chi connectivity index (χ3v) is 4.60. The lowest BCUT2D eigenvalue weighted by molar-refractivity contribution is -0.0292. The molecular formula is C19H21BrN2O2. The zero-order chi connectivity index (χ0) is 16.8. The molecule has 1 fully saturated rings. The highest BCUT2D eigenvalue weighted by atomic mass is 79.9.